The summed E-state index contributed by atoms with van der Waals surface area (Å²) in [6.07, 6.45) is 1.31. The second-order valence-electron chi connectivity index (χ2n) is 9.87. The number of hydrogen-bond acceptors (Lipinski definition) is 5. The number of carboxylic acids is 1. The van der Waals surface area contributed by atoms with Crippen LogP contribution < -0.4 is 10.3 Å². The van der Waals surface area contributed by atoms with Crippen LogP contribution in [0.25, 0.3) is 10.9 Å². The Morgan fingerprint density at radius 3 is 2.40 bits per heavy atom. The van der Waals surface area contributed by atoms with Gasteiger partial charge in [-0.25, -0.2) is 10.2 Å². The molecule has 0 fully saturated rings. The molecule has 2 atom stereocenters. The molecule has 9 heteroatoms. The lowest BCUT2D eigenvalue weighted by molar-refractivity contribution is -0.145. The number of aromatic amines is 1. The van der Waals surface area contributed by atoms with Crippen molar-refractivity contribution in [3.05, 3.63) is 102 Å². The van der Waals surface area contributed by atoms with Crippen molar-refractivity contribution in [3.63, 3.8) is 0 Å². The van der Waals surface area contributed by atoms with Crippen LogP contribution in [0, 0.1) is 0 Å². The molecule has 9 nitrogen and oxygen atoms in total. The monoisotopic (exact) mass is 538 g/mol. The van der Waals surface area contributed by atoms with Gasteiger partial charge >= 0.3 is 5.97 Å². The second-order valence-corrected chi connectivity index (χ2v) is 9.87. The van der Waals surface area contributed by atoms with Crippen LogP contribution in [0.4, 0.5) is 5.69 Å². The highest BCUT2D eigenvalue weighted by Gasteiger charge is 2.39. The molecular formula is C31H30N4O5. The van der Waals surface area contributed by atoms with Crippen LogP contribution in [0.1, 0.15) is 35.0 Å². The summed E-state index contributed by atoms with van der Waals surface area (Å²) in [5.74, 6) is -3.13. The Balaban J connectivity index is 1.57. The number of anilines is 1. The van der Waals surface area contributed by atoms with Crippen molar-refractivity contribution in [2.24, 2.45) is 0 Å². The topological polar surface area (TPSA) is 123 Å². The number of nitrogens with zero attached hydrogens (tertiary/aromatic N) is 2. The number of amides is 2. The lowest BCUT2D eigenvalue weighted by Crippen LogP contribution is -2.61. The highest BCUT2D eigenvalue weighted by atomic mass is 16.4. The molecule has 4 aromatic rings. The molecule has 3 N–H and O–H groups in total. The molecular weight excluding hydrogens is 508 g/mol. The van der Waals surface area contributed by atoms with Gasteiger partial charge in [-0.05, 0) is 55.5 Å². The fraction of sp³-hybridized carbons (Fsp3) is 0.226. The van der Waals surface area contributed by atoms with Crippen LogP contribution in [0.15, 0.2) is 84.9 Å². The summed E-state index contributed by atoms with van der Waals surface area (Å²) in [7, 11) is 0. The van der Waals surface area contributed by atoms with Crippen molar-refractivity contribution < 1.29 is 24.3 Å². The average Bonchev–Trinajstić information content (AvgIpc) is 3.59. The minimum Gasteiger partial charge on any atom is -0.480 e. The number of fused-ring (bicyclic) bond motifs is 2. The number of hydrogen-bond donors (Lipinski definition) is 3. The Kier molecular flexibility index (Phi) is 7.75. The molecule has 5 rings (SSSR count). The van der Waals surface area contributed by atoms with Gasteiger partial charge in [-0.2, -0.15) is 0 Å². The first-order chi connectivity index (χ1) is 19.3. The maximum absolute atomic E-state index is 14.2. The van der Waals surface area contributed by atoms with Crippen molar-refractivity contribution in [3.8, 4) is 0 Å². The first-order valence-electron chi connectivity index (χ1n) is 13.2. The zero-order chi connectivity index (χ0) is 28.2. The summed E-state index contributed by atoms with van der Waals surface area (Å²) >= 11 is 0. The predicted molar refractivity (Wildman–Crippen MR) is 151 cm³/mol. The number of H-pyrrole nitrogens is 1. The number of carbonyl (C=O) groups excluding carboxylic acids is 3. The minimum absolute atomic E-state index is 0.167. The largest absolute Gasteiger partial charge is 0.480 e. The summed E-state index contributed by atoms with van der Waals surface area (Å²) in [6, 6.07) is 23.3. The highest BCUT2D eigenvalue weighted by Crippen LogP contribution is 2.29. The summed E-state index contributed by atoms with van der Waals surface area (Å²) in [5.41, 5.74) is 6.25. The van der Waals surface area contributed by atoms with Crippen LogP contribution in [0.2, 0.25) is 0 Å². The van der Waals surface area contributed by atoms with E-state index in [1.807, 2.05) is 78.9 Å². The van der Waals surface area contributed by atoms with E-state index in [1.54, 1.807) is 11.0 Å². The van der Waals surface area contributed by atoms with Crippen LogP contribution in [0.5, 0.6) is 0 Å². The third-order valence-corrected chi connectivity index (χ3v) is 7.20. The van der Waals surface area contributed by atoms with Gasteiger partial charge in [0.15, 0.2) is 11.8 Å². The molecule has 40 heavy (non-hydrogen) atoms. The number of carboxylic acid groups (broad SMARTS) is 1. The number of Topliss-reactive ketones (excluding diaryl/α,β-unsaturated/α-hetero) is 1. The number of nitrogens with one attached hydrogen (secondary N) is 2. The molecule has 0 saturated heterocycles. The van der Waals surface area contributed by atoms with E-state index in [9.17, 15) is 24.3 Å². The zero-order valence-corrected chi connectivity index (χ0v) is 22.0. The Labute approximate surface area is 231 Å². The van der Waals surface area contributed by atoms with E-state index in [0.717, 1.165) is 34.1 Å². The summed E-state index contributed by atoms with van der Waals surface area (Å²) in [6.45, 7) is 1.57. The molecule has 2 amide bonds. The van der Waals surface area contributed by atoms with Crippen molar-refractivity contribution in [2.75, 3.05) is 11.4 Å². The number of aromatic nitrogens is 1. The van der Waals surface area contributed by atoms with Gasteiger partial charge in [0.05, 0.1) is 0 Å². The number of para-hydroxylation sites is 2. The number of aryl methyl sites for hydroxylation is 1. The molecule has 0 bridgehead atoms. The van der Waals surface area contributed by atoms with Crippen molar-refractivity contribution in [1.29, 1.82) is 0 Å². The molecule has 1 aromatic heterocycles. The first kappa shape index (κ1) is 26.8. The van der Waals surface area contributed by atoms with E-state index in [-0.39, 0.29) is 18.0 Å². The van der Waals surface area contributed by atoms with Gasteiger partial charge in [0.25, 0.3) is 11.8 Å². The van der Waals surface area contributed by atoms with Gasteiger partial charge in [-0.3, -0.25) is 19.4 Å². The van der Waals surface area contributed by atoms with E-state index in [4.69, 9.17) is 0 Å². The summed E-state index contributed by atoms with van der Waals surface area (Å²) in [4.78, 5) is 57.4. The van der Waals surface area contributed by atoms with Crippen LogP contribution in [-0.4, -0.2) is 57.3 Å². The Hall–Kier alpha value is -4.76. The Morgan fingerprint density at radius 2 is 1.68 bits per heavy atom. The minimum atomic E-state index is -1.72. The van der Waals surface area contributed by atoms with E-state index in [1.165, 1.54) is 0 Å². The average molecular weight is 539 g/mol. The van der Waals surface area contributed by atoms with Gasteiger partial charge in [0.1, 0.15) is 11.7 Å². The van der Waals surface area contributed by atoms with Gasteiger partial charge < -0.3 is 15.0 Å². The fourth-order valence-corrected chi connectivity index (χ4v) is 5.13. The number of ketones is 1. The first-order valence-corrected chi connectivity index (χ1v) is 13.2. The number of rotatable bonds is 10. The van der Waals surface area contributed by atoms with Crippen molar-refractivity contribution in [1.82, 2.24) is 15.4 Å². The lowest BCUT2D eigenvalue weighted by atomic mass is 10.0. The quantitative estimate of drug-likeness (QED) is 0.209. The second kappa shape index (κ2) is 11.5. The molecule has 0 spiro atoms. The predicted octanol–water partition coefficient (Wildman–Crippen LogP) is 3.75. The van der Waals surface area contributed by atoms with E-state index >= 15 is 0 Å². The molecule has 2 heterocycles. The van der Waals surface area contributed by atoms with Crippen molar-refractivity contribution >= 4 is 40.2 Å². The molecule has 0 saturated carbocycles. The molecule has 1 aliphatic rings. The van der Waals surface area contributed by atoms with Gasteiger partial charge in [0.2, 0.25) is 0 Å². The van der Waals surface area contributed by atoms with Gasteiger partial charge in [-0.1, -0.05) is 66.7 Å². The molecule has 3 aromatic carbocycles. The normalized spacial score (nSPS) is 14.0. The van der Waals surface area contributed by atoms with Crippen molar-refractivity contribution in [2.45, 2.75) is 38.3 Å². The maximum Gasteiger partial charge on any atom is 0.330 e. The smallest absolute Gasteiger partial charge is 0.330 e. The number of aliphatic carboxylic acids is 1. The summed E-state index contributed by atoms with van der Waals surface area (Å²) < 4.78 is 0. The SMILES string of the molecule is CC(=O)C(NN(C(=O)c1cc2ccccc2[nH]1)[C@@H](CCc1ccccc1)C(=O)N1CCc2ccccc21)C(=O)O. The number of carbonyl (C=O) groups is 4. The molecule has 204 valence electrons. The molecule has 1 aliphatic heterocycles. The molecule has 1 unspecified atom stereocenters. The van der Waals surface area contributed by atoms with E-state index in [2.05, 4.69) is 10.4 Å². The van der Waals surface area contributed by atoms with Crippen LogP contribution >= 0.6 is 0 Å². The van der Waals surface area contributed by atoms with E-state index < -0.39 is 29.7 Å². The lowest BCUT2D eigenvalue weighted by Gasteiger charge is -2.35. The fourth-order valence-electron chi connectivity index (χ4n) is 5.13. The zero-order valence-electron chi connectivity index (χ0n) is 22.0. The standard InChI is InChI=1S/C31H30N4O5/c1-20(36)28(31(39)40)33-35(29(37)25-19-23-12-5-7-13-24(23)32-25)27(16-15-21-9-3-2-4-10-21)30(38)34-18-17-22-11-6-8-14-26(22)34/h2-14,19,27-28,32-33H,15-18H2,1H3,(H,39,40)/t27-,28?/m0/s1. The Morgan fingerprint density at radius 1 is 0.975 bits per heavy atom. The van der Waals surface area contributed by atoms with Gasteiger partial charge in [0, 0.05) is 23.1 Å². The van der Waals surface area contributed by atoms with Crippen LogP contribution in [0.3, 0.4) is 0 Å². The third kappa shape index (κ3) is 5.50. The molecule has 0 radical (unpaired) electrons. The number of benzene rings is 3. The van der Waals surface area contributed by atoms with Gasteiger partial charge in [-0.15, -0.1) is 0 Å². The summed E-state index contributed by atoms with van der Waals surface area (Å²) in [5, 5.41) is 11.6. The Bertz CT molecular complexity index is 1520. The third-order valence-electron chi connectivity index (χ3n) is 7.20. The molecule has 0 aliphatic carbocycles. The number of hydrazine groups is 1. The highest BCUT2D eigenvalue weighted by molar-refractivity contribution is 6.05. The maximum atomic E-state index is 14.2. The van der Waals surface area contributed by atoms with E-state index in [0.29, 0.717) is 24.9 Å². The van der Waals surface area contributed by atoms with Crippen LogP contribution in [-0.2, 0) is 27.2 Å².